The monoisotopic (exact) mass is 251 g/mol. The van der Waals surface area contributed by atoms with Gasteiger partial charge in [0, 0.05) is 32.1 Å². The number of fused-ring (bicyclic) bond motifs is 1. The van der Waals surface area contributed by atoms with Gasteiger partial charge in [-0.3, -0.25) is 0 Å². The van der Waals surface area contributed by atoms with Crippen LogP contribution in [0.5, 0.6) is 0 Å². The Morgan fingerprint density at radius 2 is 2.11 bits per heavy atom. The predicted molar refractivity (Wildman–Crippen MR) is 71.5 cm³/mol. The fourth-order valence-corrected chi connectivity index (χ4v) is 4.08. The van der Waals surface area contributed by atoms with Gasteiger partial charge in [-0.2, -0.15) is 0 Å². The van der Waals surface area contributed by atoms with E-state index in [0.29, 0.717) is 12.0 Å². The number of urea groups is 1. The number of rotatable bonds is 1. The molecule has 4 heteroatoms. The third-order valence-corrected chi connectivity index (χ3v) is 5.04. The van der Waals surface area contributed by atoms with Crippen molar-refractivity contribution in [1.29, 1.82) is 0 Å². The van der Waals surface area contributed by atoms with Crippen LogP contribution in [0.3, 0.4) is 0 Å². The normalized spacial score (nSPS) is 37.6. The maximum atomic E-state index is 12.2. The molecule has 3 saturated heterocycles. The van der Waals surface area contributed by atoms with Crippen molar-refractivity contribution in [2.75, 3.05) is 33.2 Å². The van der Waals surface area contributed by atoms with Crippen LogP contribution in [0.2, 0.25) is 0 Å². The van der Waals surface area contributed by atoms with E-state index in [-0.39, 0.29) is 6.03 Å². The van der Waals surface area contributed by atoms with E-state index in [2.05, 4.69) is 10.2 Å². The molecule has 102 valence electrons. The van der Waals surface area contributed by atoms with Crippen molar-refractivity contribution >= 4 is 6.03 Å². The minimum atomic E-state index is 0.264. The highest BCUT2D eigenvalue weighted by atomic mass is 16.2. The first kappa shape index (κ1) is 12.3. The Bertz CT molecular complexity index is 314. The molecule has 0 aromatic carbocycles. The molecule has 3 fully saturated rings. The van der Waals surface area contributed by atoms with Gasteiger partial charge in [0.1, 0.15) is 0 Å². The second-order valence-electron chi connectivity index (χ2n) is 6.19. The largest absolute Gasteiger partial charge is 0.327 e. The number of hydrogen-bond acceptors (Lipinski definition) is 2. The molecule has 3 aliphatic heterocycles. The molecule has 1 N–H and O–H groups in total. The topological polar surface area (TPSA) is 35.6 Å². The van der Waals surface area contributed by atoms with Crippen LogP contribution >= 0.6 is 0 Å². The van der Waals surface area contributed by atoms with E-state index in [0.717, 1.165) is 25.6 Å². The molecule has 3 aliphatic rings. The first-order chi connectivity index (χ1) is 8.77. The van der Waals surface area contributed by atoms with Crippen molar-refractivity contribution in [3.63, 3.8) is 0 Å². The summed E-state index contributed by atoms with van der Waals surface area (Å²) in [7, 11) is 1.97. The van der Waals surface area contributed by atoms with Crippen LogP contribution in [0, 0.1) is 11.8 Å². The highest BCUT2D eigenvalue weighted by Crippen LogP contribution is 2.35. The zero-order chi connectivity index (χ0) is 12.5. The summed E-state index contributed by atoms with van der Waals surface area (Å²) in [5, 5.41) is 3.53. The lowest BCUT2D eigenvalue weighted by molar-refractivity contribution is 0.0232. The van der Waals surface area contributed by atoms with Crippen LogP contribution in [0.1, 0.15) is 32.1 Å². The lowest BCUT2D eigenvalue weighted by Crippen LogP contribution is -2.61. The second-order valence-corrected chi connectivity index (χ2v) is 6.19. The van der Waals surface area contributed by atoms with Crippen molar-refractivity contribution in [2.45, 2.75) is 38.1 Å². The van der Waals surface area contributed by atoms with Crippen molar-refractivity contribution in [1.82, 2.24) is 15.1 Å². The molecule has 18 heavy (non-hydrogen) atoms. The lowest BCUT2D eigenvalue weighted by atomic mass is 9.76. The van der Waals surface area contributed by atoms with E-state index >= 15 is 0 Å². The van der Waals surface area contributed by atoms with Gasteiger partial charge in [0.05, 0.1) is 0 Å². The molecule has 0 saturated carbocycles. The van der Waals surface area contributed by atoms with Crippen LogP contribution in [0.4, 0.5) is 4.79 Å². The molecule has 3 rings (SSSR count). The lowest BCUT2D eigenvalue weighted by Gasteiger charge is -2.50. The summed E-state index contributed by atoms with van der Waals surface area (Å²) >= 11 is 0. The average molecular weight is 251 g/mol. The summed E-state index contributed by atoms with van der Waals surface area (Å²) in [5.74, 6) is 1.45. The van der Waals surface area contributed by atoms with E-state index in [1.54, 1.807) is 0 Å². The third-order valence-electron chi connectivity index (χ3n) is 5.04. The molecule has 4 nitrogen and oxygen atoms in total. The maximum Gasteiger partial charge on any atom is 0.320 e. The SMILES string of the molecule is CN1CC(C2CCCNC2)C2CCCCN2C1=O. The van der Waals surface area contributed by atoms with Gasteiger partial charge < -0.3 is 15.1 Å². The Morgan fingerprint density at radius 3 is 2.89 bits per heavy atom. The quantitative estimate of drug-likeness (QED) is 0.767. The van der Waals surface area contributed by atoms with Gasteiger partial charge in [0.15, 0.2) is 0 Å². The zero-order valence-corrected chi connectivity index (χ0v) is 11.4. The van der Waals surface area contributed by atoms with Crippen LogP contribution < -0.4 is 5.32 Å². The Labute approximate surface area is 110 Å². The Morgan fingerprint density at radius 1 is 1.22 bits per heavy atom. The molecule has 3 atom stereocenters. The van der Waals surface area contributed by atoms with Crippen molar-refractivity contribution in [2.24, 2.45) is 11.8 Å². The maximum absolute atomic E-state index is 12.2. The molecule has 0 aromatic rings. The highest BCUT2D eigenvalue weighted by Gasteiger charge is 2.42. The van der Waals surface area contributed by atoms with E-state index in [1.807, 2.05) is 11.9 Å². The molecule has 3 heterocycles. The Hall–Kier alpha value is -0.770. The van der Waals surface area contributed by atoms with E-state index in [4.69, 9.17) is 0 Å². The second kappa shape index (κ2) is 5.08. The fraction of sp³-hybridized carbons (Fsp3) is 0.929. The van der Waals surface area contributed by atoms with Crippen molar-refractivity contribution in [3.8, 4) is 0 Å². The summed E-state index contributed by atoms with van der Waals surface area (Å²) in [6.45, 7) is 4.26. The predicted octanol–water partition coefficient (Wildman–Crippen LogP) is 1.52. The average Bonchev–Trinajstić information content (AvgIpc) is 2.44. The Balaban J connectivity index is 1.77. The molecular formula is C14H25N3O. The molecule has 0 aliphatic carbocycles. The van der Waals surface area contributed by atoms with E-state index in [1.165, 1.54) is 38.6 Å². The standard InChI is InChI=1S/C14H25N3O/c1-16-10-12(11-5-4-7-15-9-11)13-6-2-3-8-17(13)14(16)18/h11-13,15H,2-10H2,1H3. The number of carbonyl (C=O) groups is 1. The number of hydrogen-bond donors (Lipinski definition) is 1. The molecule has 3 unspecified atom stereocenters. The van der Waals surface area contributed by atoms with Crippen molar-refractivity contribution < 1.29 is 4.79 Å². The first-order valence-electron chi connectivity index (χ1n) is 7.50. The summed E-state index contributed by atoms with van der Waals surface area (Å²) in [6, 6.07) is 0.784. The van der Waals surface area contributed by atoms with Gasteiger partial charge in [-0.15, -0.1) is 0 Å². The van der Waals surface area contributed by atoms with Gasteiger partial charge in [0.2, 0.25) is 0 Å². The third kappa shape index (κ3) is 2.11. The minimum Gasteiger partial charge on any atom is -0.327 e. The van der Waals surface area contributed by atoms with E-state index in [9.17, 15) is 4.79 Å². The van der Waals surface area contributed by atoms with Crippen LogP contribution in [-0.4, -0.2) is 55.1 Å². The number of piperidine rings is 2. The number of amides is 2. The van der Waals surface area contributed by atoms with Crippen LogP contribution in [0.25, 0.3) is 0 Å². The zero-order valence-electron chi connectivity index (χ0n) is 11.4. The molecule has 2 amide bonds. The van der Waals surface area contributed by atoms with Gasteiger partial charge in [-0.05, 0) is 51.1 Å². The molecule has 0 spiro atoms. The van der Waals surface area contributed by atoms with Gasteiger partial charge >= 0.3 is 6.03 Å². The van der Waals surface area contributed by atoms with Gasteiger partial charge in [-0.1, -0.05) is 0 Å². The number of nitrogens with zero attached hydrogens (tertiary/aromatic N) is 2. The molecule has 0 radical (unpaired) electrons. The Kier molecular flexibility index (Phi) is 3.46. The van der Waals surface area contributed by atoms with Crippen LogP contribution in [-0.2, 0) is 0 Å². The summed E-state index contributed by atoms with van der Waals surface area (Å²) in [5.41, 5.74) is 0. The van der Waals surface area contributed by atoms with Gasteiger partial charge in [0.25, 0.3) is 0 Å². The number of carbonyl (C=O) groups excluding carboxylic acids is 1. The molecule has 0 bridgehead atoms. The minimum absolute atomic E-state index is 0.264. The summed E-state index contributed by atoms with van der Waals surface area (Å²) in [4.78, 5) is 16.3. The van der Waals surface area contributed by atoms with E-state index < -0.39 is 0 Å². The van der Waals surface area contributed by atoms with Crippen LogP contribution in [0.15, 0.2) is 0 Å². The number of nitrogens with one attached hydrogen (secondary N) is 1. The highest BCUT2D eigenvalue weighted by molar-refractivity contribution is 5.75. The molecular weight excluding hydrogens is 226 g/mol. The first-order valence-corrected chi connectivity index (χ1v) is 7.50. The molecule has 0 aromatic heterocycles. The summed E-state index contributed by atoms with van der Waals surface area (Å²) in [6.07, 6.45) is 6.34. The van der Waals surface area contributed by atoms with Gasteiger partial charge in [-0.25, -0.2) is 4.79 Å². The summed E-state index contributed by atoms with van der Waals surface area (Å²) < 4.78 is 0. The van der Waals surface area contributed by atoms with Crippen molar-refractivity contribution in [3.05, 3.63) is 0 Å². The smallest absolute Gasteiger partial charge is 0.320 e. The fourth-order valence-electron chi connectivity index (χ4n) is 4.08.